The second-order valence-electron chi connectivity index (χ2n) is 3.49. The monoisotopic (exact) mass is 277 g/mol. The number of rotatable bonds is 4. The van der Waals surface area contributed by atoms with E-state index in [0.717, 1.165) is 12.0 Å². The number of aromatic nitrogens is 1. The number of nitrogens with two attached hydrogens (primary N) is 2. The highest BCUT2D eigenvalue weighted by Gasteiger charge is 1.99. The maximum absolute atomic E-state index is 10.9. The molecule has 1 aromatic heterocycles. The van der Waals surface area contributed by atoms with E-state index in [1.807, 2.05) is 19.1 Å². The predicted molar refractivity (Wildman–Crippen MR) is 74.6 cm³/mol. The summed E-state index contributed by atoms with van der Waals surface area (Å²) in [6.45, 7) is 1.93. The molecule has 0 aliphatic carbocycles. The van der Waals surface area contributed by atoms with Crippen molar-refractivity contribution in [1.29, 1.82) is 0 Å². The van der Waals surface area contributed by atoms with Crippen LogP contribution in [-0.2, 0) is 0 Å². The Labute approximate surface area is 113 Å². The summed E-state index contributed by atoms with van der Waals surface area (Å²) in [5.74, 6) is -0.468. The standard InChI is InChI=1S/C11H15N3O.2ClH/c1-8(12)3-2-4-9-5-10(11(13)15)7-14-6-9;;/h2,4-8H,3,12H2,1H3,(H2,13,15);2*1H/b4-2+;;/t8-;;/m0../s1. The molecule has 0 aromatic carbocycles. The highest BCUT2D eigenvalue weighted by molar-refractivity contribution is 5.92. The topological polar surface area (TPSA) is 82.0 Å². The van der Waals surface area contributed by atoms with E-state index in [1.54, 1.807) is 12.3 Å². The molecule has 1 amide bonds. The minimum atomic E-state index is -0.468. The summed E-state index contributed by atoms with van der Waals surface area (Å²) in [7, 11) is 0. The maximum atomic E-state index is 10.9. The molecule has 0 spiro atoms. The SMILES string of the molecule is C[C@H](N)C/C=C/c1cncc(C(N)=O)c1.Cl.Cl. The fraction of sp³-hybridized carbons (Fsp3) is 0.273. The van der Waals surface area contributed by atoms with Gasteiger partial charge in [0.2, 0.25) is 5.91 Å². The molecule has 1 heterocycles. The Morgan fingerprint density at radius 3 is 2.65 bits per heavy atom. The molecule has 4 nitrogen and oxygen atoms in total. The lowest BCUT2D eigenvalue weighted by molar-refractivity contribution is 0.1000. The van der Waals surface area contributed by atoms with Crippen molar-refractivity contribution < 1.29 is 4.79 Å². The molecule has 1 atom stereocenters. The Bertz CT molecular complexity index is 381. The van der Waals surface area contributed by atoms with Gasteiger partial charge in [-0.1, -0.05) is 12.2 Å². The highest BCUT2D eigenvalue weighted by atomic mass is 35.5. The molecule has 0 unspecified atom stereocenters. The van der Waals surface area contributed by atoms with Crippen LogP contribution in [0, 0.1) is 0 Å². The highest BCUT2D eigenvalue weighted by Crippen LogP contribution is 2.05. The number of halogens is 2. The fourth-order valence-electron chi connectivity index (χ4n) is 1.10. The van der Waals surface area contributed by atoms with Crippen molar-refractivity contribution in [3.05, 3.63) is 35.7 Å². The van der Waals surface area contributed by atoms with Crippen molar-refractivity contribution >= 4 is 36.8 Å². The first-order valence-corrected chi connectivity index (χ1v) is 4.76. The van der Waals surface area contributed by atoms with Gasteiger partial charge in [-0.25, -0.2) is 0 Å². The number of primary amides is 1. The summed E-state index contributed by atoms with van der Waals surface area (Å²) in [6, 6.07) is 1.83. The largest absolute Gasteiger partial charge is 0.366 e. The van der Waals surface area contributed by atoms with E-state index in [2.05, 4.69) is 4.98 Å². The summed E-state index contributed by atoms with van der Waals surface area (Å²) in [4.78, 5) is 14.8. The Morgan fingerprint density at radius 2 is 2.12 bits per heavy atom. The lowest BCUT2D eigenvalue weighted by Crippen LogP contribution is -2.12. The van der Waals surface area contributed by atoms with Crippen LogP contribution in [0.25, 0.3) is 6.08 Å². The Kier molecular flexibility index (Phi) is 9.66. The van der Waals surface area contributed by atoms with Crippen LogP contribution in [0.15, 0.2) is 24.5 Å². The first kappa shape index (κ1) is 18.3. The molecule has 1 rings (SSSR count). The van der Waals surface area contributed by atoms with E-state index < -0.39 is 5.91 Å². The average molecular weight is 278 g/mol. The van der Waals surface area contributed by atoms with Crippen molar-refractivity contribution in [2.45, 2.75) is 19.4 Å². The molecular weight excluding hydrogens is 261 g/mol. The Morgan fingerprint density at radius 1 is 1.47 bits per heavy atom. The van der Waals surface area contributed by atoms with Crippen LogP contribution in [-0.4, -0.2) is 16.9 Å². The third-order valence-electron chi connectivity index (χ3n) is 1.86. The van der Waals surface area contributed by atoms with Crippen LogP contribution in [0.5, 0.6) is 0 Å². The molecule has 6 heteroatoms. The van der Waals surface area contributed by atoms with Gasteiger partial charge in [-0.15, -0.1) is 24.8 Å². The first-order valence-electron chi connectivity index (χ1n) is 4.76. The van der Waals surface area contributed by atoms with Crippen molar-refractivity contribution in [1.82, 2.24) is 4.98 Å². The van der Waals surface area contributed by atoms with E-state index in [0.29, 0.717) is 5.56 Å². The molecular formula is C11H17Cl2N3O. The first-order chi connectivity index (χ1) is 7.09. The molecule has 96 valence electrons. The van der Waals surface area contributed by atoms with Gasteiger partial charge < -0.3 is 11.5 Å². The number of carbonyl (C=O) groups is 1. The van der Waals surface area contributed by atoms with Crippen LogP contribution in [0.1, 0.15) is 29.3 Å². The molecule has 4 N–H and O–H groups in total. The van der Waals surface area contributed by atoms with Crippen LogP contribution in [0.4, 0.5) is 0 Å². The van der Waals surface area contributed by atoms with E-state index in [4.69, 9.17) is 11.5 Å². The molecule has 1 aromatic rings. The number of nitrogens with zero attached hydrogens (tertiary/aromatic N) is 1. The van der Waals surface area contributed by atoms with Crippen LogP contribution < -0.4 is 11.5 Å². The molecule has 0 saturated heterocycles. The zero-order valence-corrected chi connectivity index (χ0v) is 11.1. The van der Waals surface area contributed by atoms with Crippen molar-refractivity contribution in [2.24, 2.45) is 11.5 Å². The van der Waals surface area contributed by atoms with Crippen molar-refractivity contribution in [2.75, 3.05) is 0 Å². The Balaban J connectivity index is 0. The third-order valence-corrected chi connectivity index (χ3v) is 1.86. The number of pyridine rings is 1. The van der Waals surface area contributed by atoms with Gasteiger partial charge in [0.25, 0.3) is 0 Å². The van der Waals surface area contributed by atoms with Crippen LogP contribution >= 0.6 is 24.8 Å². The van der Waals surface area contributed by atoms with Gasteiger partial charge in [-0.3, -0.25) is 9.78 Å². The lowest BCUT2D eigenvalue weighted by Gasteiger charge is -1.99. The molecule has 0 aliphatic heterocycles. The van der Waals surface area contributed by atoms with Gasteiger partial charge >= 0.3 is 0 Å². The zero-order valence-electron chi connectivity index (χ0n) is 9.50. The fourth-order valence-corrected chi connectivity index (χ4v) is 1.10. The van der Waals surface area contributed by atoms with Gasteiger partial charge in [-0.05, 0) is 25.0 Å². The van der Waals surface area contributed by atoms with Gasteiger partial charge in [0, 0.05) is 18.4 Å². The van der Waals surface area contributed by atoms with Gasteiger partial charge in [0.05, 0.1) is 5.56 Å². The lowest BCUT2D eigenvalue weighted by atomic mass is 10.1. The summed E-state index contributed by atoms with van der Waals surface area (Å²) >= 11 is 0. The normalized spacial score (nSPS) is 11.4. The number of hydrogen-bond acceptors (Lipinski definition) is 3. The second kappa shape index (κ2) is 8.98. The molecule has 17 heavy (non-hydrogen) atoms. The number of carbonyl (C=O) groups excluding carboxylic acids is 1. The molecule has 0 radical (unpaired) electrons. The quantitative estimate of drug-likeness (QED) is 0.880. The second-order valence-corrected chi connectivity index (χ2v) is 3.49. The van der Waals surface area contributed by atoms with Crippen molar-refractivity contribution in [3.63, 3.8) is 0 Å². The predicted octanol–water partition coefficient (Wildman–Crippen LogP) is 1.77. The molecule has 0 aliphatic rings. The molecule has 0 fully saturated rings. The molecule has 0 bridgehead atoms. The number of hydrogen-bond donors (Lipinski definition) is 2. The average Bonchev–Trinajstić information content (AvgIpc) is 2.17. The van der Waals surface area contributed by atoms with E-state index in [-0.39, 0.29) is 30.9 Å². The summed E-state index contributed by atoms with van der Waals surface area (Å²) in [5, 5.41) is 0. The minimum absolute atomic E-state index is 0. The third kappa shape index (κ3) is 6.94. The minimum Gasteiger partial charge on any atom is -0.366 e. The van der Waals surface area contributed by atoms with E-state index in [9.17, 15) is 4.79 Å². The summed E-state index contributed by atoms with van der Waals surface area (Å²) in [6.07, 6.45) is 7.74. The van der Waals surface area contributed by atoms with Gasteiger partial charge in [0.15, 0.2) is 0 Å². The Hall–Kier alpha value is -1.10. The van der Waals surface area contributed by atoms with Gasteiger partial charge in [-0.2, -0.15) is 0 Å². The van der Waals surface area contributed by atoms with Crippen molar-refractivity contribution in [3.8, 4) is 0 Å². The van der Waals surface area contributed by atoms with E-state index in [1.165, 1.54) is 6.20 Å². The smallest absolute Gasteiger partial charge is 0.250 e. The van der Waals surface area contributed by atoms with Gasteiger partial charge in [0.1, 0.15) is 0 Å². The van der Waals surface area contributed by atoms with Crippen LogP contribution in [0.3, 0.4) is 0 Å². The molecule has 0 saturated carbocycles. The van der Waals surface area contributed by atoms with Crippen LogP contribution in [0.2, 0.25) is 0 Å². The van der Waals surface area contributed by atoms with E-state index >= 15 is 0 Å². The summed E-state index contributed by atoms with van der Waals surface area (Å²) < 4.78 is 0. The maximum Gasteiger partial charge on any atom is 0.250 e. The zero-order chi connectivity index (χ0) is 11.3. The number of amides is 1. The summed E-state index contributed by atoms with van der Waals surface area (Å²) in [5.41, 5.74) is 12.0.